The fraction of sp³-hybridized carbons (Fsp3) is 0.500. The van der Waals surface area contributed by atoms with Crippen molar-refractivity contribution in [2.24, 2.45) is 5.92 Å². The standard InChI is InChI=1S/C28H40N6/c1-33(2)24-17-13-21(14-18-24)8-7-19-29-20-22-11-15-23(16-12-22)30-28-31-26-10-6-5-9-25(26)27(32-28)34(3)4/h5-6,9-10,13-14,17-18,22-23,29H,7-8,11-12,15-16,19-20H2,1-4H3,(H,30,31,32)/t22-,23+. The molecule has 2 N–H and O–H groups in total. The largest absolute Gasteiger partial charge is 0.378 e. The predicted molar refractivity (Wildman–Crippen MR) is 145 cm³/mol. The maximum atomic E-state index is 4.81. The predicted octanol–water partition coefficient (Wildman–Crippen LogP) is 4.95. The van der Waals surface area contributed by atoms with Crippen molar-refractivity contribution >= 4 is 28.4 Å². The average molecular weight is 461 g/mol. The molecule has 34 heavy (non-hydrogen) atoms. The fourth-order valence-electron chi connectivity index (χ4n) is 4.84. The van der Waals surface area contributed by atoms with E-state index >= 15 is 0 Å². The van der Waals surface area contributed by atoms with E-state index in [9.17, 15) is 0 Å². The van der Waals surface area contributed by atoms with Gasteiger partial charge in [0, 0.05) is 45.3 Å². The smallest absolute Gasteiger partial charge is 0.225 e. The van der Waals surface area contributed by atoms with Gasteiger partial charge in [-0.05, 0) is 87.4 Å². The van der Waals surface area contributed by atoms with Crippen molar-refractivity contribution in [2.45, 2.75) is 44.6 Å². The molecule has 182 valence electrons. The third-order valence-corrected chi connectivity index (χ3v) is 6.89. The zero-order valence-electron chi connectivity index (χ0n) is 21.2. The molecule has 0 atom stereocenters. The van der Waals surface area contributed by atoms with Gasteiger partial charge >= 0.3 is 0 Å². The molecule has 0 unspecified atom stereocenters. The molecule has 6 nitrogen and oxygen atoms in total. The third kappa shape index (κ3) is 6.38. The number of nitrogens with one attached hydrogen (secondary N) is 2. The van der Waals surface area contributed by atoms with Crippen molar-refractivity contribution < 1.29 is 0 Å². The van der Waals surface area contributed by atoms with Gasteiger partial charge < -0.3 is 20.4 Å². The van der Waals surface area contributed by atoms with Gasteiger partial charge in [-0.1, -0.05) is 24.3 Å². The van der Waals surface area contributed by atoms with E-state index < -0.39 is 0 Å². The summed E-state index contributed by atoms with van der Waals surface area (Å²) in [5, 5.41) is 8.42. The molecule has 1 heterocycles. The van der Waals surface area contributed by atoms with Crippen molar-refractivity contribution in [3.05, 3.63) is 54.1 Å². The second kappa shape index (κ2) is 11.5. The van der Waals surface area contributed by atoms with Crippen LogP contribution in [0.15, 0.2) is 48.5 Å². The van der Waals surface area contributed by atoms with Gasteiger partial charge in [-0.15, -0.1) is 0 Å². The molecule has 0 radical (unpaired) electrons. The van der Waals surface area contributed by atoms with Crippen LogP contribution in [0.4, 0.5) is 17.5 Å². The Morgan fingerprint density at radius 2 is 1.59 bits per heavy atom. The fourth-order valence-corrected chi connectivity index (χ4v) is 4.84. The molecular formula is C28H40N6. The molecule has 1 aromatic heterocycles. The molecule has 0 amide bonds. The van der Waals surface area contributed by atoms with Crippen molar-refractivity contribution in [3.8, 4) is 0 Å². The first-order valence-electron chi connectivity index (χ1n) is 12.7. The maximum Gasteiger partial charge on any atom is 0.225 e. The van der Waals surface area contributed by atoms with Crippen molar-refractivity contribution in [1.29, 1.82) is 0 Å². The summed E-state index contributed by atoms with van der Waals surface area (Å²) < 4.78 is 0. The minimum Gasteiger partial charge on any atom is -0.378 e. The highest BCUT2D eigenvalue weighted by Crippen LogP contribution is 2.28. The third-order valence-electron chi connectivity index (χ3n) is 6.89. The van der Waals surface area contributed by atoms with Crippen LogP contribution >= 0.6 is 0 Å². The summed E-state index contributed by atoms with van der Waals surface area (Å²) in [4.78, 5) is 13.8. The van der Waals surface area contributed by atoms with Crippen molar-refractivity contribution in [3.63, 3.8) is 0 Å². The molecule has 0 spiro atoms. The number of hydrogen-bond donors (Lipinski definition) is 2. The number of benzene rings is 2. The van der Waals surface area contributed by atoms with Crippen LogP contribution in [0, 0.1) is 5.92 Å². The first kappa shape index (κ1) is 24.3. The lowest BCUT2D eigenvalue weighted by Gasteiger charge is -2.29. The number of aromatic nitrogens is 2. The van der Waals surface area contributed by atoms with Gasteiger partial charge in [0.05, 0.1) is 5.52 Å². The minimum absolute atomic E-state index is 0.456. The molecule has 6 heteroatoms. The molecule has 1 fully saturated rings. The first-order valence-corrected chi connectivity index (χ1v) is 12.7. The van der Waals surface area contributed by atoms with Gasteiger partial charge in [0.2, 0.25) is 5.95 Å². The molecule has 4 rings (SSSR count). The van der Waals surface area contributed by atoms with Gasteiger partial charge in [-0.25, -0.2) is 4.98 Å². The van der Waals surface area contributed by atoms with Gasteiger partial charge in [0.1, 0.15) is 5.82 Å². The normalized spacial score (nSPS) is 18.1. The number of para-hydroxylation sites is 1. The van der Waals surface area contributed by atoms with Gasteiger partial charge in [0.15, 0.2) is 0 Å². The summed E-state index contributed by atoms with van der Waals surface area (Å²) in [6.07, 6.45) is 7.19. The Hall–Kier alpha value is -2.86. The van der Waals surface area contributed by atoms with E-state index in [1.54, 1.807) is 0 Å². The number of nitrogens with zero attached hydrogens (tertiary/aromatic N) is 4. The van der Waals surface area contributed by atoms with Gasteiger partial charge in [-0.3, -0.25) is 0 Å². The van der Waals surface area contributed by atoms with Crippen LogP contribution in [0.3, 0.4) is 0 Å². The topological polar surface area (TPSA) is 56.3 Å². The SMILES string of the molecule is CN(C)c1ccc(CCCNC[C@H]2CC[C@@H](Nc3nc(N(C)C)c4ccccc4n3)CC2)cc1. The lowest BCUT2D eigenvalue weighted by molar-refractivity contribution is 0.324. The van der Waals surface area contributed by atoms with Crippen LogP contribution in [-0.2, 0) is 6.42 Å². The van der Waals surface area contributed by atoms with Gasteiger partial charge in [-0.2, -0.15) is 4.98 Å². The highest BCUT2D eigenvalue weighted by molar-refractivity contribution is 5.90. The van der Waals surface area contributed by atoms with Crippen LogP contribution in [-0.4, -0.2) is 57.3 Å². The van der Waals surface area contributed by atoms with Crippen LogP contribution in [0.5, 0.6) is 0 Å². The molecule has 1 aliphatic carbocycles. The van der Waals surface area contributed by atoms with E-state index in [0.29, 0.717) is 6.04 Å². The summed E-state index contributed by atoms with van der Waals surface area (Å²) in [6, 6.07) is 17.6. The Balaban J connectivity index is 1.18. The molecule has 1 saturated carbocycles. The Kier molecular flexibility index (Phi) is 8.22. The van der Waals surface area contributed by atoms with Crippen molar-refractivity contribution in [1.82, 2.24) is 15.3 Å². The monoisotopic (exact) mass is 460 g/mol. The average Bonchev–Trinajstić information content (AvgIpc) is 2.84. The Bertz CT molecular complexity index is 1040. The number of fused-ring (bicyclic) bond motifs is 1. The maximum absolute atomic E-state index is 4.81. The van der Waals surface area contributed by atoms with E-state index in [1.165, 1.54) is 43.4 Å². The number of aryl methyl sites for hydroxylation is 1. The molecule has 0 aliphatic heterocycles. The second-order valence-electron chi connectivity index (χ2n) is 10.0. The highest BCUT2D eigenvalue weighted by Gasteiger charge is 2.22. The zero-order chi connectivity index (χ0) is 23.9. The number of rotatable bonds is 10. The second-order valence-corrected chi connectivity index (χ2v) is 10.0. The lowest BCUT2D eigenvalue weighted by Crippen LogP contribution is -2.32. The Morgan fingerprint density at radius 3 is 2.29 bits per heavy atom. The molecule has 2 aromatic carbocycles. The summed E-state index contributed by atoms with van der Waals surface area (Å²) in [7, 11) is 8.25. The van der Waals surface area contributed by atoms with E-state index in [4.69, 9.17) is 9.97 Å². The molecule has 0 saturated heterocycles. The van der Waals surface area contributed by atoms with E-state index in [2.05, 4.69) is 70.9 Å². The first-order chi connectivity index (χ1) is 16.5. The molecule has 0 bridgehead atoms. The molecular weight excluding hydrogens is 420 g/mol. The highest BCUT2D eigenvalue weighted by atomic mass is 15.2. The Labute approximate surface area is 204 Å². The van der Waals surface area contributed by atoms with Crippen LogP contribution in [0.25, 0.3) is 10.9 Å². The summed E-state index contributed by atoms with van der Waals surface area (Å²) in [6.45, 7) is 2.22. The van der Waals surface area contributed by atoms with Crippen LogP contribution in [0.2, 0.25) is 0 Å². The molecule has 3 aromatic rings. The summed E-state index contributed by atoms with van der Waals surface area (Å²) in [5.41, 5.74) is 3.68. The molecule has 1 aliphatic rings. The van der Waals surface area contributed by atoms with Crippen LogP contribution < -0.4 is 20.4 Å². The Morgan fingerprint density at radius 1 is 0.853 bits per heavy atom. The van der Waals surface area contributed by atoms with Crippen LogP contribution in [0.1, 0.15) is 37.7 Å². The van der Waals surface area contributed by atoms with Gasteiger partial charge in [0.25, 0.3) is 0 Å². The lowest BCUT2D eigenvalue weighted by atomic mass is 9.86. The van der Waals surface area contributed by atoms with E-state index in [1.807, 2.05) is 26.2 Å². The zero-order valence-corrected chi connectivity index (χ0v) is 21.2. The summed E-state index contributed by atoms with van der Waals surface area (Å²) in [5.74, 6) is 2.49. The quantitative estimate of drug-likeness (QED) is 0.417. The number of hydrogen-bond acceptors (Lipinski definition) is 6. The summed E-state index contributed by atoms with van der Waals surface area (Å²) >= 11 is 0. The number of anilines is 3. The van der Waals surface area contributed by atoms with Crippen molar-refractivity contribution in [2.75, 3.05) is 56.4 Å². The van der Waals surface area contributed by atoms with E-state index in [-0.39, 0.29) is 0 Å². The van der Waals surface area contributed by atoms with E-state index in [0.717, 1.165) is 48.1 Å². The minimum atomic E-state index is 0.456.